The number of nitrogens with one attached hydrogen (secondary N) is 1. The number of para-hydroxylation sites is 1. The first kappa shape index (κ1) is 19.2. The summed E-state index contributed by atoms with van der Waals surface area (Å²) in [4.78, 5) is 17.3. The Labute approximate surface area is 158 Å². The lowest BCUT2D eigenvalue weighted by Crippen LogP contribution is -2.62. The molecule has 1 saturated heterocycles. The fourth-order valence-electron chi connectivity index (χ4n) is 4.58. The zero-order valence-electron chi connectivity index (χ0n) is 16.4. The molecule has 0 bridgehead atoms. The average molecular weight is 358 g/mol. The second-order valence-electron chi connectivity index (χ2n) is 7.97. The highest BCUT2D eigenvalue weighted by molar-refractivity contribution is 5.75. The molecule has 26 heavy (non-hydrogen) atoms. The normalized spacial score (nSPS) is 20.7. The fourth-order valence-corrected chi connectivity index (χ4v) is 4.58. The molecular weight excluding hydrogens is 322 g/mol. The Kier molecular flexibility index (Phi) is 6.95. The number of carbonyl (C=O) groups excluding carboxylic acids is 1. The monoisotopic (exact) mass is 357 g/mol. The molecule has 1 amide bonds. The summed E-state index contributed by atoms with van der Waals surface area (Å²) in [5, 5.41) is 3.27. The molecule has 0 unspecified atom stereocenters. The Morgan fingerprint density at radius 3 is 2.38 bits per heavy atom. The molecule has 1 aliphatic heterocycles. The number of rotatable bonds is 7. The number of hydrogen-bond donors (Lipinski definition) is 1. The third kappa shape index (κ3) is 4.79. The summed E-state index contributed by atoms with van der Waals surface area (Å²) in [6, 6.07) is 10.7. The van der Waals surface area contributed by atoms with Crippen LogP contribution in [0.2, 0.25) is 0 Å². The molecule has 2 fully saturated rings. The maximum Gasteiger partial charge on any atom is 0.220 e. The van der Waals surface area contributed by atoms with Crippen LogP contribution in [0.1, 0.15) is 58.3 Å². The van der Waals surface area contributed by atoms with E-state index in [1.54, 1.807) is 0 Å². The lowest BCUT2D eigenvalue weighted by molar-refractivity contribution is -0.122. The van der Waals surface area contributed by atoms with E-state index in [0.717, 1.165) is 45.6 Å². The third-order valence-corrected chi connectivity index (χ3v) is 6.23. The summed E-state index contributed by atoms with van der Waals surface area (Å²) in [6.07, 6.45) is 9.14. The molecule has 4 nitrogen and oxygen atoms in total. The Balaban J connectivity index is 1.58. The van der Waals surface area contributed by atoms with Gasteiger partial charge in [-0.2, -0.15) is 0 Å². The first-order valence-electron chi connectivity index (χ1n) is 10.6. The molecule has 1 aromatic carbocycles. The molecule has 1 aromatic rings. The van der Waals surface area contributed by atoms with Crippen LogP contribution in [-0.4, -0.2) is 49.1 Å². The zero-order chi connectivity index (χ0) is 18.2. The van der Waals surface area contributed by atoms with Crippen molar-refractivity contribution < 1.29 is 4.79 Å². The summed E-state index contributed by atoms with van der Waals surface area (Å²) in [5.41, 5.74) is 1.51. The van der Waals surface area contributed by atoms with Crippen molar-refractivity contribution >= 4 is 11.6 Å². The molecule has 3 rings (SSSR count). The van der Waals surface area contributed by atoms with Crippen molar-refractivity contribution in [2.45, 2.75) is 63.8 Å². The average Bonchev–Trinajstić information content (AvgIpc) is 2.72. The number of piperazine rings is 1. The van der Waals surface area contributed by atoms with Gasteiger partial charge >= 0.3 is 0 Å². The van der Waals surface area contributed by atoms with Crippen LogP contribution >= 0.6 is 0 Å². The van der Waals surface area contributed by atoms with Crippen molar-refractivity contribution in [3.63, 3.8) is 0 Å². The standard InChI is InChI=1S/C22H35N3O/c1-2-3-12-21(26)23-19-22(13-8-5-9-14-22)25-17-15-24(16-18-25)20-10-6-4-7-11-20/h4,6-7,10-11H,2-3,5,8-9,12-19H2,1H3,(H,23,26). The van der Waals surface area contributed by atoms with E-state index < -0.39 is 0 Å². The molecule has 1 aliphatic carbocycles. The first-order valence-corrected chi connectivity index (χ1v) is 10.6. The lowest BCUT2D eigenvalue weighted by atomic mass is 9.79. The van der Waals surface area contributed by atoms with Crippen LogP contribution in [0.3, 0.4) is 0 Å². The maximum absolute atomic E-state index is 12.2. The molecule has 0 radical (unpaired) electrons. The van der Waals surface area contributed by atoms with Crippen LogP contribution in [0.15, 0.2) is 30.3 Å². The molecule has 0 aromatic heterocycles. The predicted octanol–water partition coefficient (Wildman–Crippen LogP) is 3.82. The lowest BCUT2D eigenvalue weighted by Gasteiger charge is -2.50. The molecule has 2 aliphatic rings. The van der Waals surface area contributed by atoms with Crippen LogP contribution in [0.4, 0.5) is 5.69 Å². The highest BCUT2D eigenvalue weighted by atomic mass is 16.1. The van der Waals surface area contributed by atoms with Crippen molar-refractivity contribution in [2.75, 3.05) is 37.6 Å². The SMILES string of the molecule is CCCCC(=O)NCC1(N2CCN(c3ccccc3)CC2)CCCCC1. The number of amides is 1. The number of unbranched alkanes of at least 4 members (excludes halogenated alkanes) is 1. The largest absolute Gasteiger partial charge is 0.369 e. The number of nitrogens with zero attached hydrogens (tertiary/aromatic N) is 2. The van der Waals surface area contributed by atoms with E-state index in [0.29, 0.717) is 6.42 Å². The second kappa shape index (κ2) is 9.40. The Hall–Kier alpha value is -1.55. The first-order chi connectivity index (χ1) is 12.7. The minimum Gasteiger partial charge on any atom is -0.369 e. The summed E-state index contributed by atoms with van der Waals surface area (Å²) < 4.78 is 0. The quantitative estimate of drug-likeness (QED) is 0.806. The highest BCUT2D eigenvalue weighted by Crippen LogP contribution is 2.34. The van der Waals surface area contributed by atoms with E-state index in [9.17, 15) is 4.79 Å². The summed E-state index contributed by atoms with van der Waals surface area (Å²) in [7, 11) is 0. The second-order valence-corrected chi connectivity index (χ2v) is 7.97. The Morgan fingerprint density at radius 2 is 1.73 bits per heavy atom. The van der Waals surface area contributed by atoms with Gasteiger partial charge in [-0.1, -0.05) is 50.8 Å². The molecule has 0 atom stereocenters. The van der Waals surface area contributed by atoms with Gasteiger partial charge in [-0.15, -0.1) is 0 Å². The van der Waals surface area contributed by atoms with E-state index in [2.05, 4.69) is 52.4 Å². The van der Waals surface area contributed by atoms with E-state index >= 15 is 0 Å². The van der Waals surface area contributed by atoms with Gasteiger partial charge in [0.15, 0.2) is 0 Å². The number of anilines is 1. The summed E-state index contributed by atoms with van der Waals surface area (Å²) in [6.45, 7) is 7.33. The van der Waals surface area contributed by atoms with E-state index in [1.165, 1.54) is 37.8 Å². The number of hydrogen-bond acceptors (Lipinski definition) is 3. The summed E-state index contributed by atoms with van der Waals surface area (Å²) in [5.74, 6) is 0.236. The molecule has 144 valence electrons. The van der Waals surface area contributed by atoms with E-state index in [4.69, 9.17) is 0 Å². The van der Waals surface area contributed by atoms with Gasteiger partial charge in [0.25, 0.3) is 0 Å². The summed E-state index contributed by atoms with van der Waals surface area (Å²) >= 11 is 0. The molecule has 1 saturated carbocycles. The van der Waals surface area contributed by atoms with Gasteiger partial charge in [-0.3, -0.25) is 9.69 Å². The fraction of sp³-hybridized carbons (Fsp3) is 0.682. The zero-order valence-corrected chi connectivity index (χ0v) is 16.4. The van der Waals surface area contributed by atoms with Gasteiger partial charge in [0.05, 0.1) is 0 Å². The molecule has 1 N–H and O–H groups in total. The molecule has 0 spiro atoms. The topological polar surface area (TPSA) is 35.6 Å². The van der Waals surface area contributed by atoms with Crippen LogP contribution in [0.5, 0.6) is 0 Å². The van der Waals surface area contributed by atoms with Crippen molar-refractivity contribution in [3.8, 4) is 0 Å². The van der Waals surface area contributed by atoms with Gasteiger partial charge in [-0.05, 0) is 31.4 Å². The van der Waals surface area contributed by atoms with Crippen molar-refractivity contribution in [3.05, 3.63) is 30.3 Å². The van der Waals surface area contributed by atoms with Crippen molar-refractivity contribution in [1.29, 1.82) is 0 Å². The van der Waals surface area contributed by atoms with Gasteiger partial charge in [0, 0.05) is 50.4 Å². The van der Waals surface area contributed by atoms with Crippen molar-refractivity contribution in [2.24, 2.45) is 0 Å². The molecular formula is C22H35N3O. The minimum atomic E-state index is 0.183. The highest BCUT2D eigenvalue weighted by Gasteiger charge is 2.39. The number of benzene rings is 1. The predicted molar refractivity (Wildman–Crippen MR) is 109 cm³/mol. The van der Waals surface area contributed by atoms with Crippen LogP contribution in [0, 0.1) is 0 Å². The third-order valence-electron chi connectivity index (χ3n) is 6.23. The Bertz CT molecular complexity index is 546. The van der Waals surface area contributed by atoms with Crippen molar-refractivity contribution in [1.82, 2.24) is 10.2 Å². The van der Waals surface area contributed by atoms with E-state index in [1.807, 2.05) is 0 Å². The molecule has 4 heteroatoms. The molecule has 1 heterocycles. The van der Waals surface area contributed by atoms with Crippen LogP contribution in [0.25, 0.3) is 0 Å². The maximum atomic E-state index is 12.2. The van der Waals surface area contributed by atoms with Crippen LogP contribution < -0.4 is 10.2 Å². The van der Waals surface area contributed by atoms with Gasteiger partial charge in [-0.25, -0.2) is 0 Å². The van der Waals surface area contributed by atoms with Gasteiger partial charge in [0.1, 0.15) is 0 Å². The van der Waals surface area contributed by atoms with E-state index in [-0.39, 0.29) is 11.4 Å². The van der Waals surface area contributed by atoms with Crippen LogP contribution in [-0.2, 0) is 4.79 Å². The Morgan fingerprint density at radius 1 is 1.04 bits per heavy atom. The smallest absolute Gasteiger partial charge is 0.220 e. The minimum absolute atomic E-state index is 0.183. The van der Waals surface area contributed by atoms with Gasteiger partial charge in [0.2, 0.25) is 5.91 Å². The number of carbonyl (C=O) groups is 1. The van der Waals surface area contributed by atoms with Gasteiger partial charge < -0.3 is 10.2 Å².